The molecule has 0 spiro atoms. The Balaban J connectivity index is 3.26. The lowest BCUT2D eigenvalue weighted by molar-refractivity contribution is -0.305. The molecule has 25 heavy (non-hydrogen) atoms. The van der Waals surface area contributed by atoms with Gasteiger partial charge in [-0.15, -0.1) is 0 Å². The Morgan fingerprint density at radius 3 is 2.36 bits per heavy atom. The van der Waals surface area contributed by atoms with Gasteiger partial charge in [-0.2, -0.15) is 0 Å². The van der Waals surface area contributed by atoms with E-state index in [4.69, 9.17) is 24.8 Å². The van der Waals surface area contributed by atoms with Crippen LogP contribution in [0.2, 0.25) is 0 Å². The number of Topliss-reactive ketones (excluding diaryl/α,β-unsaturated/α-hetero) is 1. The highest BCUT2D eigenvalue weighted by molar-refractivity contribution is 5.80. The van der Waals surface area contributed by atoms with Crippen LogP contribution in [0.1, 0.15) is 19.8 Å². The number of hydrogen-bond acceptors (Lipinski definition) is 10. The number of rotatable bonds is 8. The van der Waals surface area contributed by atoms with E-state index in [-0.39, 0.29) is 0 Å². The van der Waals surface area contributed by atoms with Crippen LogP contribution >= 0.6 is 0 Å². The lowest BCUT2D eigenvalue weighted by Crippen LogP contribution is -2.61. The molecule has 1 rings (SSSR count). The normalized spacial score (nSPS) is 31.8. The first kappa shape index (κ1) is 21.4. The van der Waals surface area contributed by atoms with Gasteiger partial charge in [-0.1, -0.05) is 0 Å². The summed E-state index contributed by atoms with van der Waals surface area (Å²) in [6.45, 7) is -0.784. The van der Waals surface area contributed by atoms with E-state index in [2.05, 4.69) is 0 Å². The monoisotopic (exact) mass is 366 g/mol. The number of carbonyl (C=O) groups excluding carboxylic acids is 2. The highest BCUT2D eigenvalue weighted by Crippen LogP contribution is 2.37. The first-order chi connectivity index (χ1) is 11.6. The zero-order valence-corrected chi connectivity index (χ0v) is 13.4. The molecule has 6 unspecified atom stereocenters. The third kappa shape index (κ3) is 5.17. The summed E-state index contributed by atoms with van der Waals surface area (Å²) in [6.07, 6.45) is -7.90. The molecule has 0 aliphatic carbocycles. The molecule has 1 saturated heterocycles. The molecule has 0 aromatic rings. The number of ketones is 1. The largest absolute Gasteiger partial charge is 0.477 e. The van der Waals surface area contributed by atoms with Crippen LogP contribution < -0.4 is 0 Å². The number of aliphatic carboxylic acids is 1. The molecule has 0 radical (unpaired) electrons. The third-order valence-electron chi connectivity index (χ3n) is 3.90. The van der Waals surface area contributed by atoms with Gasteiger partial charge in [-0.05, 0) is 0 Å². The Kier molecular flexibility index (Phi) is 7.41. The van der Waals surface area contributed by atoms with E-state index < -0.39 is 79.9 Å². The molecule has 0 aromatic carbocycles. The molecule has 0 aromatic heterocycles. The van der Waals surface area contributed by atoms with Crippen LogP contribution in [0, 0.1) is 5.92 Å². The molecule has 1 aliphatic heterocycles. The van der Waals surface area contributed by atoms with E-state index in [1.54, 1.807) is 0 Å². The predicted octanol–water partition coefficient (Wildman–Crippen LogP) is -3.24. The maximum atomic E-state index is 11.5. The summed E-state index contributed by atoms with van der Waals surface area (Å²) < 4.78 is 9.91. The Bertz CT molecular complexity index is 507. The Morgan fingerprint density at radius 2 is 1.92 bits per heavy atom. The Morgan fingerprint density at radius 1 is 1.32 bits per heavy atom. The molecule has 0 amide bonds. The van der Waals surface area contributed by atoms with Crippen LogP contribution in [0.5, 0.6) is 0 Å². The third-order valence-corrected chi connectivity index (χ3v) is 3.90. The second kappa shape index (κ2) is 8.65. The smallest absolute Gasteiger partial charge is 0.364 e. The lowest BCUT2D eigenvalue weighted by atomic mass is 9.80. The van der Waals surface area contributed by atoms with Crippen LogP contribution in [0.25, 0.3) is 0 Å². The SMILES string of the molecule is CC(=O)OC(C(O)CO)C1OC(O)(C(=O)O)CC(O)C1CC(=O)CO. The Hall–Kier alpha value is -1.63. The fourth-order valence-electron chi connectivity index (χ4n) is 2.70. The van der Waals surface area contributed by atoms with Crippen molar-refractivity contribution in [1.82, 2.24) is 0 Å². The van der Waals surface area contributed by atoms with Crippen LogP contribution in [0.3, 0.4) is 0 Å². The number of carboxylic acid groups (broad SMARTS) is 1. The van der Waals surface area contributed by atoms with Gasteiger partial charge in [0.25, 0.3) is 5.79 Å². The summed E-state index contributed by atoms with van der Waals surface area (Å²) in [4.78, 5) is 34.0. The van der Waals surface area contributed by atoms with Crippen molar-refractivity contribution in [2.24, 2.45) is 5.92 Å². The van der Waals surface area contributed by atoms with Gasteiger partial charge >= 0.3 is 11.9 Å². The van der Waals surface area contributed by atoms with Gasteiger partial charge < -0.3 is 40.1 Å². The fraction of sp³-hybridized carbons (Fsp3) is 0.786. The van der Waals surface area contributed by atoms with Gasteiger partial charge in [0.05, 0.1) is 12.7 Å². The first-order valence-corrected chi connectivity index (χ1v) is 7.46. The van der Waals surface area contributed by atoms with E-state index in [1.807, 2.05) is 0 Å². The number of carbonyl (C=O) groups is 3. The molecule has 6 N–H and O–H groups in total. The average Bonchev–Trinajstić information content (AvgIpc) is 2.53. The van der Waals surface area contributed by atoms with E-state index in [1.165, 1.54) is 0 Å². The molecular weight excluding hydrogens is 344 g/mol. The number of aliphatic hydroxyl groups is 5. The van der Waals surface area contributed by atoms with Crippen molar-refractivity contribution in [2.75, 3.05) is 13.2 Å². The molecular formula is C14H22O11. The van der Waals surface area contributed by atoms with E-state index in [0.717, 1.165) is 6.92 Å². The molecule has 0 saturated carbocycles. The highest BCUT2D eigenvalue weighted by atomic mass is 16.7. The van der Waals surface area contributed by atoms with E-state index in [9.17, 15) is 29.7 Å². The second-order valence-electron chi connectivity index (χ2n) is 5.83. The minimum absolute atomic E-state index is 0.492. The van der Waals surface area contributed by atoms with Crippen molar-refractivity contribution in [2.45, 2.75) is 50.0 Å². The van der Waals surface area contributed by atoms with Gasteiger partial charge in [-0.3, -0.25) is 9.59 Å². The standard InChI is InChI=1S/C14H22O11/c1-6(17)24-12(10(20)5-16)11-8(2-7(18)4-15)9(19)3-14(23,25-11)13(21)22/h8-12,15-16,19-20,23H,2-5H2,1H3,(H,21,22). The fourth-order valence-corrected chi connectivity index (χ4v) is 2.70. The van der Waals surface area contributed by atoms with Gasteiger partial charge in [-0.25, -0.2) is 4.79 Å². The minimum atomic E-state index is -2.85. The summed E-state index contributed by atoms with van der Waals surface area (Å²) in [5.41, 5.74) is 0. The first-order valence-electron chi connectivity index (χ1n) is 7.46. The maximum absolute atomic E-state index is 11.5. The van der Waals surface area contributed by atoms with Crippen molar-refractivity contribution in [3.05, 3.63) is 0 Å². The Labute approximate surface area is 142 Å². The number of ether oxygens (including phenoxy) is 2. The van der Waals surface area contributed by atoms with Crippen molar-refractivity contribution in [1.29, 1.82) is 0 Å². The topological polar surface area (TPSA) is 191 Å². The number of carboxylic acids is 1. The van der Waals surface area contributed by atoms with Gasteiger partial charge in [0.1, 0.15) is 18.8 Å². The van der Waals surface area contributed by atoms with Crippen LogP contribution in [-0.2, 0) is 23.9 Å². The van der Waals surface area contributed by atoms with Crippen molar-refractivity contribution < 1.29 is 54.5 Å². The van der Waals surface area contributed by atoms with E-state index in [0.29, 0.717) is 0 Å². The summed E-state index contributed by atoms with van der Waals surface area (Å²) in [5.74, 6) is -7.52. The molecule has 1 heterocycles. The molecule has 11 nitrogen and oxygen atoms in total. The minimum Gasteiger partial charge on any atom is -0.477 e. The number of esters is 1. The van der Waals surface area contributed by atoms with Crippen molar-refractivity contribution in [3.63, 3.8) is 0 Å². The van der Waals surface area contributed by atoms with Gasteiger partial charge in [0.2, 0.25) is 0 Å². The van der Waals surface area contributed by atoms with Crippen LogP contribution in [0.4, 0.5) is 0 Å². The molecule has 11 heteroatoms. The van der Waals surface area contributed by atoms with Crippen molar-refractivity contribution >= 4 is 17.7 Å². The van der Waals surface area contributed by atoms with Crippen LogP contribution in [0.15, 0.2) is 0 Å². The van der Waals surface area contributed by atoms with E-state index >= 15 is 0 Å². The predicted molar refractivity (Wildman–Crippen MR) is 76.9 cm³/mol. The number of aliphatic hydroxyl groups excluding tert-OH is 4. The molecule has 1 fully saturated rings. The molecule has 144 valence electrons. The van der Waals surface area contributed by atoms with Gasteiger partial charge in [0, 0.05) is 25.7 Å². The van der Waals surface area contributed by atoms with Crippen LogP contribution in [-0.4, -0.2) is 91.8 Å². The van der Waals surface area contributed by atoms with Crippen molar-refractivity contribution in [3.8, 4) is 0 Å². The maximum Gasteiger partial charge on any atom is 0.364 e. The quantitative estimate of drug-likeness (QED) is 0.237. The summed E-state index contributed by atoms with van der Waals surface area (Å²) in [5, 5.41) is 57.2. The lowest BCUT2D eigenvalue weighted by Gasteiger charge is -2.45. The molecule has 6 atom stereocenters. The molecule has 0 bridgehead atoms. The average molecular weight is 366 g/mol. The zero-order valence-electron chi connectivity index (χ0n) is 13.4. The summed E-state index contributed by atoms with van der Waals surface area (Å²) in [6, 6.07) is 0. The molecule has 1 aliphatic rings. The highest BCUT2D eigenvalue weighted by Gasteiger charge is 2.54. The summed E-state index contributed by atoms with van der Waals surface area (Å²) in [7, 11) is 0. The second-order valence-corrected chi connectivity index (χ2v) is 5.83. The summed E-state index contributed by atoms with van der Waals surface area (Å²) >= 11 is 0. The number of hydrogen-bond donors (Lipinski definition) is 6. The van der Waals surface area contributed by atoms with Gasteiger partial charge in [0.15, 0.2) is 11.9 Å². The zero-order chi connectivity index (χ0) is 19.4.